The van der Waals surface area contributed by atoms with Crippen molar-refractivity contribution in [1.29, 1.82) is 0 Å². The Balaban J connectivity index is 1.63. The summed E-state index contributed by atoms with van der Waals surface area (Å²) < 4.78 is 0. The lowest BCUT2D eigenvalue weighted by molar-refractivity contribution is 0.0648. The molecule has 0 radical (unpaired) electrons. The first kappa shape index (κ1) is 12.3. The van der Waals surface area contributed by atoms with E-state index in [1.54, 1.807) is 12.4 Å². The highest BCUT2D eigenvalue weighted by atomic mass is 16.3. The molecule has 1 aliphatic rings. The maximum Gasteiger partial charge on any atom is 0.222 e. The van der Waals surface area contributed by atoms with Gasteiger partial charge >= 0.3 is 0 Å². The van der Waals surface area contributed by atoms with Crippen molar-refractivity contribution in [3.05, 3.63) is 18.5 Å². The van der Waals surface area contributed by atoms with E-state index in [2.05, 4.69) is 15.3 Å². The number of rotatable bonds is 5. The van der Waals surface area contributed by atoms with Crippen molar-refractivity contribution in [2.75, 3.05) is 11.9 Å². The summed E-state index contributed by atoms with van der Waals surface area (Å²) >= 11 is 0. The molecule has 1 fully saturated rings. The maximum absolute atomic E-state index is 9.84. The SMILES string of the molecule is OC1CCCCC1CCCNc1ncccn1. The molecule has 17 heavy (non-hydrogen) atoms. The van der Waals surface area contributed by atoms with Crippen LogP contribution in [-0.2, 0) is 0 Å². The Hall–Kier alpha value is -1.16. The van der Waals surface area contributed by atoms with Gasteiger partial charge in [-0.2, -0.15) is 0 Å². The minimum atomic E-state index is -0.0725. The molecule has 2 rings (SSSR count). The van der Waals surface area contributed by atoms with Gasteiger partial charge in [-0.3, -0.25) is 0 Å². The zero-order valence-corrected chi connectivity index (χ0v) is 10.2. The van der Waals surface area contributed by atoms with Crippen molar-refractivity contribution in [3.8, 4) is 0 Å². The largest absolute Gasteiger partial charge is 0.393 e. The van der Waals surface area contributed by atoms with Crippen LogP contribution in [0.5, 0.6) is 0 Å². The molecule has 0 aromatic carbocycles. The minimum Gasteiger partial charge on any atom is -0.393 e. The van der Waals surface area contributed by atoms with Crippen LogP contribution in [0.2, 0.25) is 0 Å². The van der Waals surface area contributed by atoms with Gasteiger partial charge in [0.1, 0.15) is 0 Å². The lowest BCUT2D eigenvalue weighted by Crippen LogP contribution is -2.24. The van der Waals surface area contributed by atoms with Crippen LogP contribution in [0.25, 0.3) is 0 Å². The van der Waals surface area contributed by atoms with Gasteiger partial charge in [-0.25, -0.2) is 9.97 Å². The number of nitrogens with one attached hydrogen (secondary N) is 1. The van der Waals surface area contributed by atoms with Crippen molar-refractivity contribution in [2.24, 2.45) is 5.92 Å². The number of anilines is 1. The van der Waals surface area contributed by atoms with Crippen LogP contribution in [0.4, 0.5) is 5.95 Å². The van der Waals surface area contributed by atoms with Gasteiger partial charge in [-0.15, -0.1) is 0 Å². The summed E-state index contributed by atoms with van der Waals surface area (Å²) in [4.78, 5) is 8.21. The normalized spacial score (nSPS) is 24.5. The summed E-state index contributed by atoms with van der Waals surface area (Å²) in [5.41, 5.74) is 0. The number of aliphatic hydroxyl groups excluding tert-OH is 1. The van der Waals surface area contributed by atoms with Crippen LogP contribution >= 0.6 is 0 Å². The maximum atomic E-state index is 9.84. The molecule has 1 aromatic rings. The summed E-state index contributed by atoms with van der Waals surface area (Å²) in [6.07, 6.45) is 10.2. The van der Waals surface area contributed by atoms with E-state index in [4.69, 9.17) is 0 Å². The average Bonchev–Trinajstić information content (AvgIpc) is 2.38. The molecular formula is C13H21N3O. The standard InChI is InChI=1S/C13H21N3O/c17-12-7-2-1-5-11(12)6-3-8-14-13-15-9-4-10-16-13/h4,9-12,17H,1-3,5-8H2,(H,14,15,16). The second-order valence-electron chi connectivity index (χ2n) is 4.75. The second kappa shape index (κ2) is 6.55. The summed E-state index contributed by atoms with van der Waals surface area (Å²) in [6, 6.07) is 1.81. The Bertz CT molecular complexity index is 318. The lowest BCUT2D eigenvalue weighted by atomic mass is 9.83. The third-order valence-electron chi connectivity index (χ3n) is 3.47. The summed E-state index contributed by atoms with van der Waals surface area (Å²) in [5.74, 6) is 1.19. The zero-order chi connectivity index (χ0) is 11.9. The molecule has 0 bridgehead atoms. The summed E-state index contributed by atoms with van der Waals surface area (Å²) in [6.45, 7) is 0.882. The summed E-state index contributed by atoms with van der Waals surface area (Å²) in [5, 5.41) is 13.0. The van der Waals surface area contributed by atoms with E-state index in [1.165, 1.54) is 19.3 Å². The first-order chi connectivity index (χ1) is 8.36. The highest BCUT2D eigenvalue weighted by Crippen LogP contribution is 2.27. The van der Waals surface area contributed by atoms with Crippen LogP contribution in [0, 0.1) is 5.92 Å². The van der Waals surface area contributed by atoms with Crippen molar-refractivity contribution in [1.82, 2.24) is 9.97 Å². The van der Waals surface area contributed by atoms with Gasteiger partial charge in [0.25, 0.3) is 0 Å². The fourth-order valence-corrected chi connectivity index (χ4v) is 2.48. The van der Waals surface area contributed by atoms with Crippen molar-refractivity contribution >= 4 is 5.95 Å². The molecular weight excluding hydrogens is 214 g/mol. The third kappa shape index (κ3) is 3.97. The molecule has 94 valence electrons. The number of hydrogen-bond donors (Lipinski definition) is 2. The number of nitrogens with zero attached hydrogens (tertiary/aromatic N) is 2. The Labute approximate surface area is 102 Å². The first-order valence-corrected chi connectivity index (χ1v) is 6.55. The summed E-state index contributed by atoms with van der Waals surface area (Å²) in [7, 11) is 0. The second-order valence-corrected chi connectivity index (χ2v) is 4.75. The van der Waals surface area contributed by atoms with E-state index in [9.17, 15) is 5.11 Å². The predicted molar refractivity (Wildman–Crippen MR) is 67.7 cm³/mol. The predicted octanol–water partition coefficient (Wildman–Crippen LogP) is 2.22. The van der Waals surface area contributed by atoms with Gasteiger partial charge in [0.15, 0.2) is 0 Å². The van der Waals surface area contributed by atoms with Gasteiger partial charge < -0.3 is 10.4 Å². The Morgan fingerprint density at radius 1 is 1.24 bits per heavy atom. The van der Waals surface area contributed by atoms with Crippen molar-refractivity contribution in [2.45, 2.75) is 44.6 Å². The molecule has 4 heteroatoms. The van der Waals surface area contributed by atoms with E-state index in [-0.39, 0.29) is 6.10 Å². The monoisotopic (exact) mass is 235 g/mol. The van der Waals surface area contributed by atoms with E-state index >= 15 is 0 Å². The quantitative estimate of drug-likeness (QED) is 0.768. The number of aromatic nitrogens is 2. The number of hydrogen-bond acceptors (Lipinski definition) is 4. The van der Waals surface area contributed by atoms with Gasteiger partial charge in [-0.05, 0) is 37.7 Å². The smallest absolute Gasteiger partial charge is 0.222 e. The van der Waals surface area contributed by atoms with E-state index in [0.717, 1.165) is 25.8 Å². The Morgan fingerprint density at radius 3 is 2.76 bits per heavy atom. The molecule has 2 N–H and O–H groups in total. The lowest BCUT2D eigenvalue weighted by Gasteiger charge is -2.27. The van der Waals surface area contributed by atoms with Crippen molar-refractivity contribution < 1.29 is 5.11 Å². The fourth-order valence-electron chi connectivity index (χ4n) is 2.48. The molecule has 1 aromatic heterocycles. The van der Waals surface area contributed by atoms with Crippen LogP contribution < -0.4 is 5.32 Å². The van der Waals surface area contributed by atoms with Gasteiger partial charge in [0.2, 0.25) is 5.95 Å². The molecule has 0 aliphatic heterocycles. The third-order valence-corrected chi connectivity index (χ3v) is 3.47. The first-order valence-electron chi connectivity index (χ1n) is 6.55. The van der Waals surface area contributed by atoms with Crippen LogP contribution in [0.1, 0.15) is 38.5 Å². The van der Waals surface area contributed by atoms with E-state index in [0.29, 0.717) is 11.9 Å². The van der Waals surface area contributed by atoms with Crippen LogP contribution in [0.3, 0.4) is 0 Å². The van der Waals surface area contributed by atoms with Gasteiger partial charge in [-0.1, -0.05) is 12.8 Å². The molecule has 0 amide bonds. The van der Waals surface area contributed by atoms with Crippen LogP contribution in [-0.4, -0.2) is 27.7 Å². The molecule has 0 spiro atoms. The molecule has 2 unspecified atom stereocenters. The zero-order valence-electron chi connectivity index (χ0n) is 10.2. The highest BCUT2D eigenvalue weighted by Gasteiger charge is 2.22. The Kier molecular flexibility index (Phi) is 4.74. The molecule has 1 aliphatic carbocycles. The molecule has 0 saturated heterocycles. The van der Waals surface area contributed by atoms with Crippen LogP contribution in [0.15, 0.2) is 18.5 Å². The number of aliphatic hydroxyl groups is 1. The van der Waals surface area contributed by atoms with Crippen molar-refractivity contribution in [3.63, 3.8) is 0 Å². The minimum absolute atomic E-state index is 0.0725. The molecule has 1 heterocycles. The van der Waals surface area contributed by atoms with E-state index in [1.807, 2.05) is 6.07 Å². The fraction of sp³-hybridized carbons (Fsp3) is 0.692. The average molecular weight is 235 g/mol. The van der Waals surface area contributed by atoms with Gasteiger partial charge in [0, 0.05) is 18.9 Å². The van der Waals surface area contributed by atoms with E-state index < -0.39 is 0 Å². The molecule has 1 saturated carbocycles. The van der Waals surface area contributed by atoms with Gasteiger partial charge in [0.05, 0.1) is 6.10 Å². The topological polar surface area (TPSA) is 58.0 Å². The highest BCUT2D eigenvalue weighted by molar-refractivity contribution is 5.21. The molecule has 4 nitrogen and oxygen atoms in total. The Morgan fingerprint density at radius 2 is 2.00 bits per heavy atom. The molecule has 2 atom stereocenters.